The van der Waals surface area contributed by atoms with Gasteiger partial charge in [0.2, 0.25) is 0 Å². The largest absolute Gasteiger partial charge is 0.382 e. The minimum absolute atomic E-state index is 0.0199. The molecule has 3 aromatic heterocycles. The Morgan fingerprint density at radius 1 is 1.17 bits per heavy atom. The first-order chi connectivity index (χ1) is 20.2. The van der Waals surface area contributed by atoms with Crippen LogP contribution in [0, 0.1) is 0 Å². The summed E-state index contributed by atoms with van der Waals surface area (Å²) in [5.41, 5.74) is 10.7. The first-order valence-electron chi connectivity index (χ1n) is 13.7. The second kappa shape index (κ2) is 12.2. The molecule has 14 heteroatoms. The lowest BCUT2D eigenvalue weighted by molar-refractivity contribution is -0.167. The van der Waals surface area contributed by atoms with Crippen LogP contribution in [0.5, 0.6) is 0 Å². The number of hydrogen-bond acceptors (Lipinski definition) is 10. The van der Waals surface area contributed by atoms with Crippen LogP contribution in [0.4, 0.5) is 5.82 Å². The van der Waals surface area contributed by atoms with Crippen LogP contribution in [0.3, 0.4) is 0 Å². The highest BCUT2D eigenvalue weighted by Crippen LogP contribution is 2.43. The number of sulfone groups is 1. The second-order valence-corrected chi connectivity index (χ2v) is 12.2. The quantitative estimate of drug-likeness (QED) is 0.194. The third-order valence-corrected chi connectivity index (χ3v) is 8.65. The predicted octanol–water partition coefficient (Wildman–Crippen LogP) is 2.69. The van der Waals surface area contributed by atoms with Crippen molar-refractivity contribution < 1.29 is 27.5 Å². The van der Waals surface area contributed by atoms with E-state index in [9.17, 15) is 13.2 Å². The van der Waals surface area contributed by atoms with Crippen LogP contribution in [0.25, 0.3) is 22.6 Å². The fourth-order valence-corrected chi connectivity index (χ4v) is 6.45. The van der Waals surface area contributed by atoms with E-state index in [0.717, 1.165) is 11.9 Å². The molecule has 1 aromatic carbocycles. The van der Waals surface area contributed by atoms with Crippen LogP contribution in [0.1, 0.15) is 44.2 Å². The summed E-state index contributed by atoms with van der Waals surface area (Å²) in [6.07, 6.45) is 6.04. The van der Waals surface area contributed by atoms with Gasteiger partial charge in [-0.3, -0.25) is 9.63 Å². The van der Waals surface area contributed by atoms with Crippen LogP contribution in [-0.2, 0) is 28.9 Å². The number of methoxy groups -OCH3 is 1. The summed E-state index contributed by atoms with van der Waals surface area (Å²) < 4.78 is 40.3. The summed E-state index contributed by atoms with van der Waals surface area (Å²) in [5.74, 6) is -0.698. The molecular formula is C28H35N7O6S. The molecule has 0 saturated heterocycles. The Morgan fingerprint density at radius 3 is 2.57 bits per heavy atom. The zero-order valence-electron chi connectivity index (χ0n) is 23.8. The van der Waals surface area contributed by atoms with Gasteiger partial charge >= 0.3 is 0 Å². The number of ether oxygens (including phenoxy) is 2. The molecule has 13 nitrogen and oxygen atoms in total. The fourth-order valence-electron chi connectivity index (χ4n) is 5.39. The second-order valence-electron chi connectivity index (χ2n) is 10.2. The number of nitrogens with two attached hydrogens (primary N) is 1. The fraction of sp³-hybridized carbons (Fsp3) is 0.429. The number of amides is 1. The van der Waals surface area contributed by atoms with Crippen molar-refractivity contribution in [2.75, 3.05) is 38.9 Å². The van der Waals surface area contributed by atoms with E-state index in [1.54, 1.807) is 24.9 Å². The van der Waals surface area contributed by atoms with Gasteiger partial charge in [-0.1, -0.05) is 18.2 Å². The van der Waals surface area contributed by atoms with E-state index < -0.39 is 15.4 Å². The van der Waals surface area contributed by atoms with Crippen molar-refractivity contribution >= 4 is 27.2 Å². The number of hydroxylamine groups is 1. The third-order valence-electron chi connectivity index (χ3n) is 7.49. The molecule has 224 valence electrons. The standard InChI is InChI=1S/C28H35N7O6S/c1-4-41-33-27(36)28(40-17-16-39-2)13-10-19(11-14-28)23-24(42(3,37)38)25(29)35-26(31-23)21(18-30-35)22-12-15-34(32-22)20-8-6-5-7-9-20/h5-9,12,15,18-19H,4,10-11,13-14,16-17,29H2,1-3H3,(H,33,36). The summed E-state index contributed by atoms with van der Waals surface area (Å²) in [6, 6.07) is 11.5. The molecule has 5 rings (SSSR count). The van der Waals surface area contributed by atoms with E-state index in [1.807, 2.05) is 42.6 Å². The van der Waals surface area contributed by atoms with Crippen molar-refractivity contribution in [1.29, 1.82) is 0 Å². The van der Waals surface area contributed by atoms with Gasteiger partial charge in [0.05, 0.1) is 48.7 Å². The molecule has 4 aromatic rings. The number of carbonyl (C=O) groups is 1. The third kappa shape index (κ3) is 5.75. The van der Waals surface area contributed by atoms with Crippen molar-refractivity contribution in [3.63, 3.8) is 0 Å². The molecular weight excluding hydrogens is 562 g/mol. The average molecular weight is 598 g/mol. The maximum atomic E-state index is 13.1. The van der Waals surface area contributed by atoms with Crippen molar-refractivity contribution in [3.8, 4) is 16.9 Å². The number of carbonyl (C=O) groups excluding carboxylic acids is 1. The highest BCUT2D eigenvalue weighted by molar-refractivity contribution is 7.91. The Bertz CT molecular complexity index is 1660. The summed E-state index contributed by atoms with van der Waals surface area (Å²) in [4.78, 5) is 23.1. The van der Waals surface area contributed by atoms with Gasteiger partial charge in [-0.2, -0.15) is 14.7 Å². The summed E-state index contributed by atoms with van der Waals surface area (Å²) in [6.45, 7) is 2.62. The number of hydrogen-bond donors (Lipinski definition) is 2. The number of nitrogen functional groups attached to an aromatic ring is 1. The number of fused-ring (bicyclic) bond motifs is 1. The minimum Gasteiger partial charge on any atom is -0.382 e. The zero-order chi connectivity index (χ0) is 29.9. The Balaban J connectivity index is 1.52. The van der Waals surface area contributed by atoms with Gasteiger partial charge in [0.25, 0.3) is 5.91 Å². The predicted molar refractivity (Wildman–Crippen MR) is 155 cm³/mol. The van der Waals surface area contributed by atoms with Crippen LogP contribution < -0.4 is 11.2 Å². The van der Waals surface area contributed by atoms with E-state index in [2.05, 4.69) is 10.6 Å². The summed E-state index contributed by atoms with van der Waals surface area (Å²) >= 11 is 0. The molecule has 1 aliphatic carbocycles. The number of anilines is 1. The lowest BCUT2D eigenvalue weighted by Gasteiger charge is -2.38. The molecule has 3 heterocycles. The molecule has 0 aliphatic heterocycles. The Hall–Kier alpha value is -3.85. The molecule has 42 heavy (non-hydrogen) atoms. The normalized spacial score (nSPS) is 19.3. The average Bonchev–Trinajstić information content (AvgIpc) is 3.64. The highest BCUT2D eigenvalue weighted by Gasteiger charge is 2.45. The maximum Gasteiger partial charge on any atom is 0.275 e. The molecule has 0 atom stereocenters. The zero-order valence-corrected chi connectivity index (χ0v) is 24.6. The molecule has 1 fully saturated rings. The van der Waals surface area contributed by atoms with Crippen molar-refractivity contribution in [1.82, 2.24) is 29.9 Å². The lowest BCUT2D eigenvalue weighted by Crippen LogP contribution is -2.51. The van der Waals surface area contributed by atoms with Crippen molar-refractivity contribution in [2.45, 2.75) is 49.0 Å². The number of nitrogens with zero attached hydrogens (tertiary/aromatic N) is 5. The van der Waals surface area contributed by atoms with Gasteiger partial charge in [-0.25, -0.2) is 23.6 Å². The van der Waals surface area contributed by atoms with E-state index >= 15 is 0 Å². The highest BCUT2D eigenvalue weighted by atomic mass is 32.2. The van der Waals surface area contributed by atoms with Gasteiger partial charge in [-0.15, -0.1) is 0 Å². The van der Waals surface area contributed by atoms with Crippen molar-refractivity contribution in [3.05, 3.63) is 54.5 Å². The number of nitrogens with one attached hydrogen (secondary N) is 1. The summed E-state index contributed by atoms with van der Waals surface area (Å²) in [5, 5.41) is 9.07. The maximum absolute atomic E-state index is 13.1. The van der Waals surface area contributed by atoms with E-state index in [1.165, 1.54) is 4.52 Å². The van der Waals surface area contributed by atoms with Crippen LogP contribution >= 0.6 is 0 Å². The van der Waals surface area contributed by atoms with Gasteiger partial charge < -0.3 is 15.2 Å². The molecule has 1 amide bonds. The molecule has 0 bridgehead atoms. The summed E-state index contributed by atoms with van der Waals surface area (Å²) in [7, 11) is -2.22. The number of para-hydroxylation sites is 1. The van der Waals surface area contributed by atoms with Crippen molar-refractivity contribution in [2.24, 2.45) is 0 Å². The van der Waals surface area contributed by atoms with Crippen LogP contribution in [0.15, 0.2) is 53.7 Å². The lowest BCUT2D eigenvalue weighted by atomic mass is 9.76. The molecule has 3 N–H and O–H groups in total. The molecule has 1 aliphatic rings. The minimum atomic E-state index is -3.78. The smallest absolute Gasteiger partial charge is 0.275 e. The van der Waals surface area contributed by atoms with Crippen LogP contribution in [0.2, 0.25) is 0 Å². The van der Waals surface area contributed by atoms with Gasteiger partial charge in [0, 0.05) is 25.5 Å². The number of rotatable bonds is 11. The van der Waals surface area contributed by atoms with E-state index in [0.29, 0.717) is 61.5 Å². The van der Waals surface area contributed by atoms with E-state index in [4.69, 9.17) is 30.1 Å². The monoisotopic (exact) mass is 597 g/mol. The molecule has 0 spiro atoms. The van der Waals surface area contributed by atoms with E-state index in [-0.39, 0.29) is 29.1 Å². The van der Waals surface area contributed by atoms with Gasteiger partial charge in [-0.05, 0) is 50.8 Å². The van der Waals surface area contributed by atoms with Gasteiger partial charge in [0.1, 0.15) is 16.3 Å². The molecule has 1 saturated carbocycles. The number of benzene rings is 1. The first-order valence-corrected chi connectivity index (χ1v) is 15.6. The Kier molecular flexibility index (Phi) is 8.59. The Labute approximate surface area is 243 Å². The number of aromatic nitrogens is 5. The van der Waals surface area contributed by atoms with Crippen LogP contribution in [-0.4, -0.2) is 77.5 Å². The Morgan fingerprint density at radius 2 is 1.90 bits per heavy atom. The van der Waals surface area contributed by atoms with Gasteiger partial charge in [0.15, 0.2) is 15.5 Å². The topological polar surface area (TPSA) is 165 Å². The SMILES string of the molecule is CCONC(=O)C1(OCCOC)CCC(c2nc3c(-c4ccn(-c5ccccc5)n4)cnn3c(N)c2S(C)(=O)=O)CC1. The first kappa shape index (κ1) is 29.6. The molecule has 0 radical (unpaired) electrons. The molecule has 0 unspecified atom stereocenters.